The Balaban J connectivity index is 2.03. The molecule has 96 valence electrons. The summed E-state index contributed by atoms with van der Waals surface area (Å²) in [4.78, 5) is 0. The lowest BCUT2D eigenvalue weighted by Crippen LogP contribution is -2.44. The molecule has 16 heavy (non-hydrogen) atoms. The van der Waals surface area contributed by atoms with Gasteiger partial charge in [-0.05, 0) is 38.0 Å². The van der Waals surface area contributed by atoms with Gasteiger partial charge < -0.3 is 15.2 Å². The van der Waals surface area contributed by atoms with Gasteiger partial charge in [0.1, 0.15) is 0 Å². The Morgan fingerprint density at radius 3 is 2.62 bits per heavy atom. The fourth-order valence-electron chi connectivity index (χ4n) is 2.19. The first-order chi connectivity index (χ1) is 7.66. The number of aliphatic hydroxyl groups is 1. The predicted octanol–water partition coefficient (Wildman–Crippen LogP) is 1.94. The van der Waals surface area contributed by atoms with Crippen LogP contribution in [0.1, 0.15) is 46.0 Å². The fourth-order valence-corrected chi connectivity index (χ4v) is 2.19. The summed E-state index contributed by atoms with van der Waals surface area (Å²) in [6, 6.07) is 0. The smallest absolute Gasteiger partial charge is 0.0771 e. The zero-order valence-electron chi connectivity index (χ0n) is 10.8. The Hall–Kier alpha value is -0.120. The van der Waals surface area contributed by atoms with E-state index >= 15 is 0 Å². The summed E-state index contributed by atoms with van der Waals surface area (Å²) in [5.74, 6) is 0.785. The molecule has 0 saturated heterocycles. The standard InChI is InChI=1S/C13H27NO2/c1-3-9-16-10-8-14-11-13(15)6-4-12(2)5-7-13/h12,14-15H,3-11H2,1-2H3. The molecule has 1 aliphatic rings. The highest BCUT2D eigenvalue weighted by atomic mass is 16.5. The summed E-state index contributed by atoms with van der Waals surface area (Å²) in [5.41, 5.74) is -0.461. The molecule has 0 spiro atoms. The minimum absolute atomic E-state index is 0.461. The van der Waals surface area contributed by atoms with Gasteiger partial charge in [0.2, 0.25) is 0 Å². The number of rotatable bonds is 7. The maximum atomic E-state index is 10.3. The van der Waals surface area contributed by atoms with Crippen LogP contribution in [0, 0.1) is 5.92 Å². The van der Waals surface area contributed by atoms with E-state index in [0.29, 0.717) is 0 Å². The Bertz CT molecular complexity index is 177. The Kier molecular flexibility index (Phi) is 6.32. The number of hydrogen-bond donors (Lipinski definition) is 2. The van der Waals surface area contributed by atoms with Gasteiger partial charge in [0.15, 0.2) is 0 Å². The normalized spacial score (nSPS) is 30.6. The van der Waals surface area contributed by atoms with Gasteiger partial charge in [0, 0.05) is 19.7 Å². The molecule has 3 nitrogen and oxygen atoms in total. The van der Waals surface area contributed by atoms with Gasteiger partial charge in [0.25, 0.3) is 0 Å². The van der Waals surface area contributed by atoms with E-state index in [1.165, 1.54) is 0 Å². The number of hydrogen-bond acceptors (Lipinski definition) is 3. The minimum Gasteiger partial charge on any atom is -0.389 e. The maximum Gasteiger partial charge on any atom is 0.0771 e. The lowest BCUT2D eigenvalue weighted by molar-refractivity contribution is -0.00730. The molecule has 0 aromatic heterocycles. The number of nitrogens with one attached hydrogen (secondary N) is 1. The lowest BCUT2D eigenvalue weighted by Gasteiger charge is -2.35. The van der Waals surface area contributed by atoms with E-state index in [1.54, 1.807) is 0 Å². The van der Waals surface area contributed by atoms with Crippen LogP contribution in [0.25, 0.3) is 0 Å². The predicted molar refractivity (Wildman–Crippen MR) is 66.6 cm³/mol. The molecule has 0 aromatic carbocycles. The molecule has 0 aliphatic heterocycles. The SMILES string of the molecule is CCCOCCNCC1(O)CCC(C)CC1. The van der Waals surface area contributed by atoms with Gasteiger partial charge in [-0.2, -0.15) is 0 Å². The fraction of sp³-hybridized carbons (Fsp3) is 1.00. The topological polar surface area (TPSA) is 41.5 Å². The van der Waals surface area contributed by atoms with Gasteiger partial charge in [-0.1, -0.05) is 13.8 Å². The molecule has 0 amide bonds. The molecule has 0 aromatic rings. The van der Waals surface area contributed by atoms with Crippen molar-refractivity contribution in [2.45, 2.75) is 51.6 Å². The quantitative estimate of drug-likeness (QED) is 0.656. The monoisotopic (exact) mass is 229 g/mol. The van der Waals surface area contributed by atoms with Crippen molar-refractivity contribution in [3.05, 3.63) is 0 Å². The van der Waals surface area contributed by atoms with Crippen LogP contribution in [0.5, 0.6) is 0 Å². The average molecular weight is 229 g/mol. The molecular formula is C13H27NO2. The Labute approximate surface area is 99.6 Å². The van der Waals surface area contributed by atoms with Crippen LogP contribution in [0.15, 0.2) is 0 Å². The maximum absolute atomic E-state index is 10.3. The van der Waals surface area contributed by atoms with Gasteiger partial charge in [-0.25, -0.2) is 0 Å². The molecule has 0 radical (unpaired) electrons. The summed E-state index contributed by atoms with van der Waals surface area (Å²) in [5, 5.41) is 13.6. The van der Waals surface area contributed by atoms with Gasteiger partial charge >= 0.3 is 0 Å². The zero-order valence-corrected chi connectivity index (χ0v) is 10.8. The van der Waals surface area contributed by atoms with E-state index in [0.717, 1.165) is 64.3 Å². The van der Waals surface area contributed by atoms with Crippen molar-refractivity contribution in [3.8, 4) is 0 Å². The molecule has 3 heteroatoms. The van der Waals surface area contributed by atoms with Gasteiger partial charge in [-0.3, -0.25) is 0 Å². The molecule has 0 atom stereocenters. The average Bonchev–Trinajstić information content (AvgIpc) is 2.28. The molecule has 0 bridgehead atoms. The second-order valence-corrected chi connectivity index (χ2v) is 5.20. The summed E-state index contributed by atoms with van der Waals surface area (Å²) in [6.07, 6.45) is 5.27. The molecular weight excluding hydrogens is 202 g/mol. The summed E-state index contributed by atoms with van der Waals surface area (Å²) in [6.45, 7) is 7.53. The van der Waals surface area contributed by atoms with E-state index in [9.17, 15) is 5.11 Å². The minimum atomic E-state index is -0.461. The van der Waals surface area contributed by atoms with Crippen molar-refractivity contribution in [2.75, 3.05) is 26.3 Å². The van der Waals surface area contributed by atoms with Crippen LogP contribution in [-0.4, -0.2) is 37.0 Å². The number of ether oxygens (including phenoxy) is 1. The summed E-state index contributed by atoms with van der Waals surface area (Å²) < 4.78 is 5.38. The van der Waals surface area contributed by atoms with Crippen molar-refractivity contribution in [1.29, 1.82) is 0 Å². The molecule has 1 saturated carbocycles. The van der Waals surface area contributed by atoms with E-state index in [2.05, 4.69) is 19.2 Å². The van der Waals surface area contributed by atoms with Gasteiger partial charge in [0.05, 0.1) is 12.2 Å². The molecule has 1 rings (SSSR count). The third-order valence-electron chi connectivity index (χ3n) is 3.43. The summed E-state index contributed by atoms with van der Waals surface area (Å²) in [7, 11) is 0. The van der Waals surface area contributed by atoms with Crippen LogP contribution >= 0.6 is 0 Å². The molecule has 0 unspecified atom stereocenters. The first-order valence-electron chi connectivity index (χ1n) is 6.67. The van der Waals surface area contributed by atoms with Crippen LogP contribution < -0.4 is 5.32 Å². The highest BCUT2D eigenvalue weighted by Gasteiger charge is 2.30. The van der Waals surface area contributed by atoms with E-state index in [4.69, 9.17) is 4.74 Å². The van der Waals surface area contributed by atoms with Crippen molar-refractivity contribution in [3.63, 3.8) is 0 Å². The third-order valence-corrected chi connectivity index (χ3v) is 3.43. The Morgan fingerprint density at radius 1 is 1.31 bits per heavy atom. The van der Waals surface area contributed by atoms with E-state index in [-0.39, 0.29) is 0 Å². The second kappa shape index (κ2) is 7.25. The molecule has 1 fully saturated rings. The van der Waals surface area contributed by atoms with Crippen molar-refractivity contribution in [2.24, 2.45) is 5.92 Å². The van der Waals surface area contributed by atoms with Crippen molar-refractivity contribution >= 4 is 0 Å². The highest BCUT2D eigenvalue weighted by molar-refractivity contribution is 4.86. The van der Waals surface area contributed by atoms with Crippen LogP contribution in [0.2, 0.25) is 0 Å². The van der Waals surface area contributed by atoms with Crippen LogP contribution in [0.3, 0.4) is 0 Å². The largest absolute Gasteiger partial charge is 0.389 e. The lowest BCUT2D eigenvalue weighted by atomic mass is 9.79. The van der Waals surface area contributed by atoms with Crippen LogP contribution in [0.4, 0.5) is 0 Å². The molecule has 1 aliphatic carbocycles. The Morgan fingerprint density at radius 2 is 2.00 bits per heavy atom. The first-order valence-corrected chi connectivity index (χ1v) is 6.67. The van der Waals surface area contributed by atoms with Crippen LogP contribution in [-0.2, 0) is 4.74 Å². The van der Waals surface area contributed by atoms with Gasteiger partial charge in [-0.15, -0.1) is 0 Å². The zero-order chi connectivity index (χ0) is 11.9. The highest BCUT2D eigenvalue weighted by Crippen LogP contribution is 2.31. The molecule has 2 N–H and O–H groups in total. The summed E-state index contributed by atoms with van der Waals surface area (Å²) >= 11 is 0. The molecule has 0 heterocycles. The van der Waals surface area contributed by atoms with E-state index < -0.39 is 5.60 Å². The first kappa shape index (κ1) is 13.9. The van der Waals surface area contributed by atoms with Crippen molar-refractivity contribution < 1.29 is 9.84 Å². The van der Waals surface area contributed by atoms with Crippen molar-refractivity contribution in [1.82, 2.24) is 5.32 Å². The second-order valence-electron chi connectivity index (χ2n) is 5.20. The third kappa shape index (κ3) is 5.28. The van der Waals surface area contributed by atoms with E-state index in [1.807, 2.05) is 0 Å².